The lowest BCUT2D eigenvalue weighted by Crippen LogP contribution is -2.08. The minimum Gasteiger partial charge on any atom is -0.382 e. The standard InChI is InChI=1S/C13H16N6/c1-7-9(5-8-3-4-8)13-17-12(16-2)10(6-14)11(15)19(13)18-7/h8H,3-5,15H2,1-2H3,(H,16,17). The Labute approximate surface area is 111 Å². The lowest BCUT2D eigenvalue weighted by atomic mass is 10.1. The molecule has 2 aromatic rings. The first-order valence-electron chi connectivity index (χ1n) is 6.41. The van der Waals surface area contributed by atoms with E-state index in [0.717, 1.165) is 29.2 Å². The van der Waals surface area contributed by atoms with Crippen molar-refractivity contribution in [1.29, 1.82) is 5.26 Å². The van der Waals surface area contributed by atoms with Crippen molar-refractivity contribution in [3.63, 3.8) is 0 Å². The first-order chi connectivity index (χ1) is 9.15. The van der Waals surface area contributed by atoms with Crippen molar-refractivity contribution in [1.82, 2.24) is 14.6 Å². The average molecular weight is 256 g/mol. The second-order valence-corrected chi connectivity index (χ2v) is 5.03. The molecule has 0 spiro atoms. The molecular weight excluding hydrogens is 240 g/mol. The molecule has 1 aliphatic carbocycles. The molecule has 6 heteroatoms. The highest BCUT2D eigenvalue weighted by Gasteiger charge is 2.26. The van der Waals surface area contributed by atoms with E-state index in [4.69, 9.17) is 5.73 Å². The summed E-state index contributed by atoms with van der Waals surface area (Å²) >= 11 is 0. The molecule has 0 amide bonds. The molecule has 2 heterocycles. The van der Waals surface area contributed by atoms with Crippen LogP contribution in [0.2, 0.25) is 0 Å². The normalized spacial score (nSPS) is 14.6. The average Bonchev–Trinajstić information content (AvgIpc) is 3.16. The molecule has 98 valence electrons. The first kappa shape index (κ1) is 11.8. The van der Waals surface area contributed by atoms with Crippen molar-refractivity contribution < 1.29 is 0 Å². The third-order valence-electron chi connectivity index (χ3n) is 3.63. The summed E-state index contributed by atoms with van der Waals surface area (Å²) in [5, 5.41) is 16.5. The first-order valence-corrected chi connectivity index (χ1v) is 6.41. The van der Waals surface area contributed by atoms with Crippen LogP contribution in [-0.4, -0.2) is 21.6 Å². The van der Waals surface area contributed by atoms with Gasteiger partial charge in [0.05, 0.1) is 5.69 Å². The summed E-state index contributed by atoms with van der Waals surface area (Å²) in [5.41, 5.74) is 9.24. The van der Waals surface area contributed by atoms with Crippen LogP contribution in [0.5, 0.6) is 0 Å². The van der Waals surface area contributed by atoms with Crippen LogP contribution in [0.3, 0.4) is 0 Å². The van der Waals surface area contributed by atoms with Gasteiger partial charge in [0.1, 0.15) is 23.3 Å². The number of aromatic nitrogens is 3. The summed E-state index contributed by atoms with van der Waals surface area (Å²) in [5.74, 6) is 1.62. The minimum atomic E-state index is 0.343. The summed E-state index contributed by atoms with van der Waals surface area (Å²) in [4.78, 5) is 4.51. The third-order valence-corrected chi connectivity index (χ3v) is 3.63. The number of hydrogen-bond donors (Lipinski definition) is 2. The molecule has 3 rings (SSSR count). The quantitative estimate of drug-likeness (QED) is 0.868. The second kappa shape index (κ2) is 4.12. The van der Waals surface area contributed by atoms with Gasteiger partial charge in [0, 0.05) is 12.6 Å². The number of nitriles is 1. The monoisotopic (exact) mass is 256 g/mol. The Bertz CT molecular complexity index is 689. The topological polar surface area (TPSA) is 92.0 Å². The number of hydrogen-bond acceptors (Lipinski definition) is 5. The van der Waals surface area contributed by atoms with Gasteiger partial charge in [0.15, 0.2) is 5.65 Å². The summed E-state index contributed by atoms with van der Waals surface area (Å²) in [6.07, 6.45) is 3.56. The highest BCUT2D eigenvalue weighted by atomic mass is 15.3. The van der Waals surface area contributed by atoms with Gasteiger partial charge in [-0.15, -0.1) is 0 Å². The highest BCUT2D eigenvalue weighted by molar-refractivity contribution is 5.69. The Balaban J connectivity index is 2.26. The van der Waals surface area contributed by atoms with Crippen molar-refractivity contribution in [3.8, 4) is 6.07 Å². The summed E-state index contributed by atoms with van der Waals surface area (Å²) in [6, 6.07) is 2.08. The Kier molecular flexibility index (Phi) is 2.56. The van der Waals surface area contributed by atoms with Crippen molar-refractivity contribution in [3.05, 3.63) is 16.8 Å². The van der Waals surface area contributed by atoms with E-state index in [-0.39, 0.29) is 0 Å². The van der Waals surface area contributed by atoms with Gasteiger partial charge in [-0.3, -0.25) is 0 Å². The van der Waals surface area contributed by atoms with E-state index in [0.29, 0.717) is 17.2 Å². The van der Waals surface area contributed by atoms with Crippen LogP contribution in [0.25, 0.3) is 5.65 Å². The maximum atomic E-state index is 9.17. The number of nitrogens with two attached hydrogens (primary N) is 1. The van der Waals surface area contributed by atoms with E-state index in [1.165, 1.54) is 12.8 Å². The van der Waals surface area contributed by atoms with Crippen LogP contribution in [0.1, 0.15) is 29.7 Å². The molecule has 0 unspecified atom stereocenters. The van der Waals surface area contributed by atoms with Gasteiger partial charge in [-0.05, 0) is 32.1 Å². The predicted molar refractivity (Wildman–Crippen MR) is 72.8 cm³/mol. The summed E-state index contributed by atoms with van der Waals surface area (Å²) in [7, 11) is 1.74. The van der Waals surface area contributed by atoms with Gasteiger partial charge >= 0.3 is 0 Å². The molecule has 1 saturated carbocycles. The molecule has 2 aromatic heterocycles. The molecule has 0 atom stereocenters. The molecule has 0 aliphatic heterocycles. The molecule has 0 bridgehead atoms. The molecule has 0 saturated heterocycles. The second-order valence-electron chi connectivity index (χ2n) is 5.03. The van der Waals surface area contributed by atoms with Gasteiger partial charge in [-0.25, -0.2) is 4.98 Å². The number of nitrogen functional groups attached to an aromatic ring is 1. The fourth-order valence-electron chi connectivity index (χ4n) is 2.36. The smallest absolute Gasteiger partial charge is 0.163 e. The highest BCUT2D eigenvalue weighted by Crippen LogP contribution is 2.35. The number of fused-ring (bicyclic) bond motifs is 1. The molecule has 1 fully saturated rings. The Morgan fingerprint density at radius 1 is 1.53 bits per heavy atom. The molecule has 6 nitrogen and oxygen atoms in total. The van der Waals surface area contributed by atoms with Crippen molar-refractivity contribution in [2.75, 3.05) is 18.1 Å². The van der Waals surface area contributed by atoms with E-state index in [1.807, 2.05) is 6.92 Å². The van der Waals surface area contributed by atoms with Crippen molar-refractivity contribution in [2.45, 2.75) is 26.2 Å². The van der Waals surface area contributed by atoms with E-state index in [2.05, 4.69) is 21.5 Å². The van der Waals surface area contributed by atoms with Crippen molar-refractivity contribution in [2.24, 2.45) is 5.92 Å². The summed E-state index contributed by atoms with van der Waals surface area (Å²) < 4.78 is 1.59. The van der Waals surface area contributed by atoms with E-state index < -0.39 is 0 Å². The molecule has 0 radical (unpaired) electrons. The number of rotatable bonds is 3. The minimum absolute atomic E-state index is 0.343. The van der Waals surface area contributed by atoms with Crippen LogP contribution in [0.4, 0.5) is 11.6 Å². The SMILES string of the molecule is CNc1nc2c(CC3CC3)c(C)nn2c(N)c1C#N. The third kappa shape index (κ3) is 1.78. The Morgan fingerprint density at radius 2 is 2.26 bits per heavy atom. The molecule has 0 aromatic carbocycles. The van der Waals surface area contributed by atoms with Gasteiger partial charge in [0.2, 0.25) is 0 Å². The maximum Gasteiger partial charge on any atom is 0.163 e. The van der Waals surface area contributed by atoms with Gasteiger partial charge in [-0.2, -0.15) is 14.9 Å². The largest absolute Gasteiger partial charge is 0.382 e. The molecular formula is C13H16N6. The lowest BCUT2D eigenvalue weighted by molar-refractivity contribution is 0.829. The van der Waals surface area contributed by atoms with E-state index in [1.54, 1.807) is 11.6 Å². The maximum absolute atomic E-state index is 9.17. The summed E-state index contributed by atoms with van der Waals surface area (Å²) in [6.45, 7) is 1.97. The lowest BCUT2D eigenvalue weighted by Gasteiger charge is -2.07. The fraction of sp³-hybridized carbons (Fsp3) is 0.462. The Morgan fingerprint density at radius 3 is 2.84 bits per heavy atom. The Hall–Kier alpha value is -2.29. The van der Waals surface area contributed by atoms with Crippen LogP contribution >= 0.6 is 0 Å². The van der Waals surface area contributed by atoms with Crippen LogP contribution in [0, 0.1) is 24.2 Å². The van der Waals surface area contributed by atoms with Gasteiger partial charge in [-0.1, -0.05) is 0 Å². The van der Waals surface area contributed by atoms with E-state index >= 15 is 0 Å². The molecule has 19 heavy (non-hydrogen) atoms. The predicted octanol–water partition coefficient (Wildman–Crippen LogP) is 1.49. The zero-order valence-electron chi connectivity index (χ0n) is 11.1. The van der Waals surface area contributed by atoms with Crippen LogP contribution in [-0.2, 0) is 6.42 Å². The van der Waals surface area contributed by atoms with Crippen LogP contribution < -0.4 is 11.1 Å². The van der Waals surface area contributed by atoms with Crippen molar-refractivity contribution >= 4 is 17.3 Å². The van der Waals surface area contributed by atoms with Gasteiger partial charge in [0.25, 0.3) is 0 Å². The fourth-order valence-corrected chi connectivity index (χ4v) is 2.36. The zero-order chi connectivity index (χ0) is 13.6. The number of aryl methyl sites for hydroxylation is 1. The van der Waals surface area contributed by atoms with E-state index in [9.17, 15) is 5.26 Å². The molecule has 1 aliphatic rings. The zero-order valence-corrected chi connectivity index (χ0v) is 11.1. The van der Waals surface area contributed by atoms with Gasteiger partial charge < -0.3 is 11.1 Å². The van der Waals surface area contributed by atoms with Crippen LogP contribution in [0.15, 0.2) is 0 Å². The number of anilines is 2. The molecule has 3 N–H and O–H groups in total. The number of nitrogens with one attached hydrogen (secondary N) is 1. The number of nitrogens with zero attached hydrogens (tertiary/aromatic N) is 4.